The van der Waals surface area contributed by atoms with Crippen molar-refractivity contribution in [1.29, 1.82) is 0 Å². The van der Waals surface area contributed by atoms with Crippen LogP contribution in [-0.4, -0.2) is 54.3 Å². The molecule has 2 heterocycles. The molecule has 0 amide bonds. The minimum Gasteiger partial charge on any atom is -0.307 e. The van der Waals surface area contributed by atoms with E-state index in [0.29, 0.717) is 26.2 Å². The van der Waals surface area contributed by atoms with E-state index in [2.05, 4.69) is 36.1 Å². The Morgan fingerprint density at radius 2 is 1.86 bits per heavy atom. The van der Waals surface area contributed by atoms with E-state index < -0.39 is 10.0 Å². The topological polar surface area (TPSA) is 91.6 Å². The molecule has 0 aliphatic carbocycles. The molecule has 1 aliphatic heterocycles. The predicted octanol–water partition coefficient (Wildman–Crippen LogP) is 0.472. The number of anilines is 1. The third-order valence-electron chi connectivity index (χ3n) is 3.71. The summed E-state index contributed by atoms with van der Waals surface area (Å²) >= 11 is 0. The van der Waals surface area contributed by atoms with E-state index in [0.717, 1.165) is 0 Å². The second-order valence-corrected chi connectivity index (χ2v) is 7.96. The van der Waals surface area contributed by atoms with Crippen LogP contribution < -0.4 is 11.3 Å². The molecule has 0 saturated carbocycles. The zero-order chi connectivity index (χ0) is 15.7. The third-order valence-corrected chi connectivity index (χ3v) is 5.64. The number of nitrogens with zero attached hydrogens (tertiary/aromatic N) is 3. The summed E-state index contributed by atoms with van der Waals surface area (Å²) in [6.45, 7) is 8.78. The number of aromatic nitrogens is 1. The van der Waals surface area contributed by atoms with Crippen molar-refractivity contribution in [1.82, 2.24) is 14.2 Å². The van der Waals surface area contributed by atoms with Crippen LogP contribution in [0, 0.1) is 0 Å². The lowest BCUT2D eigenvalue weighted by Gasteiger charge is -2.41. The fourth-order valence-electron chi connectivity index (χ4n) is 2.45. The molecule has 1 fully saturated rings. The third kappa shape index (κ3) is 3.34. The minimum atomic E-state index is -3.57. The van der Waals surface area contributed by atoms with Crippen LogP contribution in [0.5, 0.6) is 0 Å². The summed E-state index contributed by atoms with van der Waals surface area (Å²) in [6.07, 6.45) is 1.51. The van der Waals surface area contributed by atoms with Gasteiger partial charge in [0.2, 0.25) is 10.0 Å². The molecule has 1 aromatic rings. The van der Waals surface area contributed by atoms with Gasteiger partial charge >= 0.3 is 0 Å². The number of hydrazine groups is 1. The summed E-state index contributed by atoms with van der Waals surface area (Å²) in [6, 6.07) is 3.12. The first kappa shape index (κ1) is 16.2. The molecule has 0 atom stereocenters. The number of rotatable bonds is 3. The molecule has 21 heavy (non-hydrogen) atoms. The smallest absolute Gasteiger partial charge is 0.246 e. The van der Waals surface area contributed by atoms with Crippen molar-refractivity contribution in [2.24, 2.45) is 5.84 Å². The van der Waals surface area contributed by atoms with Gasteiger partial charge in [0.15, 0.2) is 5.82 Å². The number of sulfonamides is 1. The van der Waals surface area contributed by atoms with Gasteiger partial charge in [-0.1, -0.05) is 0 Å². The summed E-state index contributed by atoms with van der Waals surface area (Å²) in [5.41, 5.74) is 2.40. The Kier molecular flexibility index (Phi) is 4.52. The van der Waals surface area contributed by atoms with Crippen LogP contribution in [0.25, 0.3) is 0 Å². The first-order valence-electron chi connectivity index (χ1n) is 6.93. The molecule has 0 radical (unpaired) electrons. The molecule has 0 unspecified atom stereocenters. The Labute approximate surface area is 126 Å². The summed E-state index contributed by atoms with van der Waals surface area (Å²) in [7, 11) is -3.57. The van der Waals surface area contributed by atoms with Crippen LogP contribution in [0.4, 0.5) is 5.82 Å². The molecule has 1 saturated heterocycles. The van der Waals surface area contributed by atoms with Crippen LogP contribution in [0.3, 0.4) is 0 Å². The SMILES string of the molecule is CC(C)(C)N1CCN(S(=O)(=O)c2cccnc2NN)CC1. The van der Waals surface area contributed by atoms with Gasteiger partial charge in [0.05, 0.1) is 0 Å². The quantitative estimate of drug-likeness (QED) is 0.623. The van der Waals surface area contributed by atoms with E-state index in [9.17, 15) is 8.42 Å². The van der Waals surface area contributed by atoms with Crippen molar-refractivity contribution in [2.45, 2.75) is 31.2 Å². The standard InChI is InChI=1S/C13H23N5O2S/c1-13(2,3)17-7-9-18(10-8-17)21(19,20)11-5-4-6-15-12(11)16-14/h4-6H,7-10,14H2,1-3H3,(H,15,16). The Morgan fingerprint density at radius 1 is 1.24 bits per heavy atom. The Morgan fingerprint density at radius 3 is 2.38 bits per heavy atom. The Balaban J connectivity index is 2.19. The van der Waals surface area contributed by atoms with Gasteiger partial charge in [-0.15, -0.1) is 0 Å². The second kappa shape index (κ2) is 5.88. The van der Waals surface area contributed by atoms with E-state index in [1.807, 2.05) is 0 Å². The number of piperazine rings is 1. The van der Waals surface area contributed by atoms with Crippen LogP contribution >= 0.6 is 0 Å². The second-order valence-electron chi connectivity index (χ2n) is 6.06. The van der Waals surface area contributed by atoms with Gasteiger partial charge < -0.3 is 5.43 Å². The van der Waals surface area contributed by atoms with E-state index in [4.69, 9.17) is 5.84 Å². The maximum Gasteiger partial charge on any atom is 0.246 e. The first-order valence-corrected chi connectivity index (χ1v) is 8.37. The fourth-order valence-corrected chi connectivity index (χ4v) is 3.97. The van der Waals surface area contributed by atoms with Crippen LogP contribution in [0.2, 0.25) is 0 Å². The van der Waals surface area contributed by atoms with Gasteiger partial charge in [0, 0.05) is 37.9 Å². The van der Waals surface area contributed by atoms with Gasteiger partial charge in [-0.25, -0.2) is 19.2 Å². The summed E-state index contributed by atoms with van der Waals surface area (Å²) in [5, 5.41) is 0. The van der Waals surface area contributed by atoms with E-state index in [1.165, 1.54) is 16.6 Å². The summed E-state index contributed by atoms with van der Waals surface area (Å²) < 4.78 is 26.9. The zero-order valence-electron chi connectivity index (χ0n) is 12.7. The number of hydrogen-bond donors (Lipinski definition) is 2. The molecule has 118 valence electrons. The summed E-state index contributed by atoms with van der Waals surface area (Å²) in [5.74, 6) is 5.53. The monoisotopic (exact) mass is 313 g/mol. The lowest BCUT2D eigenvalue weighted by atomic mass is 10.1. The molecule has 7 nitrogen and oxygen atoms in total. The largest absolute Gasteiger partial charge is 0.307 e. The number of nitrogens with one attached hydrogen (secondary N) is 1. The molecule has 1 aliphatic rings. The normalized spacial score (nSPS) is 18.7. The molecule has 0 aromatic carbocycles. The number of nitrogen functional groups attached to an aromatic ring is 1. The predicted molar refractivity (Wildman–Crippen MR) is 82.1 cm³/mol. The van der Waals surface area contributed by atoms with Crippen molar-refractivity contribution >= 4 is 15.8 Å². The average Bonchev–Trinajstić information content (AvgIpc) is 2.46. The van der Waals surface area contributed by atoms with Gasteiger partial charge in [-0.3, -0.25) is 4.90 Å². The van der Waals surface area contributed by atoms with E-state index in [1.54, 1.807) is 6.07 Å². The van der Waals surface area contributed by atoms with Gasteiger partial charge in [0.1, 0.15) is 4.90 Å². The van der Waals surface area contributed by atoms with E-state index in [-0.39, 0.29) is 16.3 Å². The minimum absolute atomic E-state index is 0.0497. The molecule has 1 aromatic heterocycles. The highest BCUT2D eigenvalue weighted by Gasteiger charge is 2.33. The first-order chi connectivity index (χ1) is 9.76. The molecular weight excluding hydrogens is 290 g/mol. The van der Waals surface area contributed by atoms with Crippen molar-refractivity contribution in [2.75, 3.05) is 31.6 Å². The molecule has 3 N–H and O–H groups in total. The highest BCUT2D eigenvalue weighted by molar-refractivity contribution is 7.89. The highest BCUT2D eigenvalue weighted by Crippen LogP contribution is 2.24. The van der Waals surface area contributed by atoms with Gasteiger partial charge in [-0.2, -0.15) is 4.31 Å². The van der Waals surface area contributed by atoms with Crippen molar-refractivity contribution in [3.63, 3.8) is 0 Å². The Hall–Kier alpha value is -1.22. The molecule has 2 rings (SSSR count). The van der Waals surface area contributed by atoms with Crippen molar-refractivity contribution < 1.29 is 8.42 Å². The maximum absolute atomic E-state index is 12.7. The lowest BCUT2D eigenvalue weighted by molar-refractivity contribution is 0.0922. The van der Waals surface area contributed by atoms with E-state index >= 15 is 0 Å². The number of pyridine rings is 1. The van der Waals surface area contributed by atoms with Gasteiger partial charge in [-0.05, 0) is 32.9 Å². The van der Waals surface area contributed by atoms with Crippen LogP contribution in [0.1, 0.15) is 20.8 Å². The van der Waals surface area contributed by atoms with Crippen molar-refractivity contribution in [3.8, 4) is 0 Å². The zero-order valence-corrected chi connectivity index (χ0v) is 13.5. The van der Waals surface area contributed by atoms with Crippen LogP contribution in [-0.2, 0) is 10.0 Å². The van der Waals surface area contributed by atoms with Gasteiger partial charge in [0.25, 0.3) is 0 Å². The van der Waals surface area contributed by atoms with Crippen LogP contribution in [0.15, 0.2) is 23.2 Å². The summed E-state index contributed by atoms with van der Waals surface area (Å²) in [4.78, 5) is 6.36. The lowest BCUT2D eigenvalue weighted by Crippen LogP contribution is -2.54. The average molecular weight is 313 g/mol. The molecule has 8 heteroatoms. The molecule has 0 bridgehead atoms. The highest BCUT2D eigenvalue weighted by atomic mass is 32.2. The molecule has 0 spiro atoms. The molecular formula is C13H23N5O2S. The fraction of sp³-hybridized carbons (Fsp3) is 0.615. The van der Waals surface area contributed by atoms with Crippen molar-refractivity contribution in [3.05, 3.63) is 18.3 Å². The Bertz CT molecular complexity index is 589. The maximum atomic E-state index is 12.7. The number of nitrogens with two attached hydrogens (primary N) is 1. The number of hydrogen-bond acceptors (Lipinski definition) is 6.